The topological polar surface area (TPSA) is 32.3 Å². The highest BCUT2D eigenvalue weighted by molar-refractivity contribution is 7.10. The van der Waals surface area contributed by atoms with Crippen LogP contribution in [0.4, 0.5) is 0 Å². The van der Waals surface area contributed by atoms with Gasteiger partial charge in [0.2, 0.25) is 5.91 Å². The lowest BCUT2D eigenvalue weighted by Crippen LogP contribution is -2.50. The summed E-state index contributed by atoms with van der Waals surface area (Å²) in [6.45, 7) is 1.61. The van der Waals surface area contributed by atoms with Gasteiger partial charge in [-0.25, -0.2) is 0 Å². The summed E-state index contributed by atoms with van der Waals surface area (Å²) in [7, 11) is 0. The Morgan fingerprint density at radius 3 is 2.69 bits per heavy atom. The number of carbonyl (C=O) groups is 1. The number of hydrogen-bond acceptors (Lipinski definition) is 3. The number of nitrogens with zero attached hydrogens (tertiary/aromatic N) is 1. The third-order valence-electron chi connectivity index (χ3n) is 5.97. The third-order valence-corrected chi connectivity index (χ3v) is 6.91. The van der Waals surface area contributed by atoms with Crippen LogP contribution in [0.2, 0.25) is 0 Å². The van der Waals surface area contributed by atoms with Crippen LogP contribution in [0.3, 0.4) is 0 Å². The number of nitrogens with one attached hydrogen (secondary N) is 1. The Labute approximate surface area is 160 Å². The van der Waals surface area contributed by atoms with E-state index in [0.717, 1.165) is 18.0 Å². The van der Waals surface area contributed by atoms with Gasteiger partial charge >= 0.3 is 0 Å². The average molecular weight is 369 g/mol. The Morgan fingerprint density at radius 2 is 1.88 bits per heavy atom. The Balaban J connectivity index is 1.45. The van der Waals surface area contributed by atoms with Gasteiger partial charge in [0.05, 0.1) is 12.6 Å². The van der Waals surface area contributed by atoms with Crippen LogP contribution in [0.1, 0.15) is 55.0 Å². The molecule has 4 heteroatoms. The predicted molar refractivity (Wildman–Crippen MR) is 107 cm³/mol. The predicted octanol–water partition coefficient (Wildman–Crippen LogP) is 4.61. The molecule has 3 atom stereocenters. The van der Waals surface area contributed by atoms with Crippen LogP contribution in [0.5, 0.6) is 0 Å². The lowest BCUT2D eigenvalue weighted by molar-refractivity contribution is -0.124. The first kappa shape index (κ1) is 17.7. The number of hydrogen-bond donors (Lipinski definition) is 1. The Morgan fingerprint density at radius 1 is 1.08 bits per heavy atom. The summed E-state index contributed by atoms with van der Waals surface area (Å²) >= 11 is 1.70. The minimum Gasteiger partial charge on any atom is -0.343 e. The highest BCUT2D eigenvalue weighted by Gasteiger charge is 2.34. The SMILES string of the molecule is O=C(CN1CCC[C@H]2CCCC[C@@H]21)N[C@H](c1ccccc1)c1cccs1. The van der Waals surface area contributed by atoms with E-state index in [1.54, 1.807) is 11.3 Å². The second-order valence-electron chi connectivity index (χ2n) is 7.65. The molecule has 0 unspecified atom stereocenters. The van der Waals surface area contributed by atoms with Crippen molar-refractivity contribution >= 4 is 17.2 Å². The zero-order valence-corrected chi connectivity index (χ0v) is 16.1. The molecule has 2 aromatic rings. The molecule has 2 fully saturated rings. The van der Waals surface area contributed by atoms with Crippen LogP contribution in [-0.2, 0) is 4.79 Å². The van der Waals surface area contributed by atoms with Gasteiger partial charge < -0.3 is 5.32 Å². The molecule has 1 aliphatic heterocycles. The fourth-order valence-electron chi connectivity index (χ4n) is 4.74. The molecule has 1 amide bonds. The summed E-state index contributed by atoms with van der Waals surface area (Å²) in [6, 6.07) is 15.0. The number of fused-ring (bicyclic) bond motifs is 1. The fraction of sp³-hybridized carbons (Fsp3) is 0.500. The van der Waals surface area contributed by atoms with Crippen molar-refractivity contribution in [3.8, 4) is 0 Å². The number of thiophene rings is 1. The molecule has 4 rings (SSSR count). The zero-order valence-electron chi connectivity index (χ0n) is 15.3. The molecule has 1 aromatic heterocycles. The zero-order chi connectivity index (χ0) is 17.8. The van der Waals surface area contributed by atoms with Gasteiger partial charge in [-0.3, -0.25) is 9.69 Å². The molecule has 0 spiro atoms. The minimum absolute atomic E-state index is 0.0457. The summed E-state index contributed by atoms with van der Waals surface area (Å²) < 4.78 is 0. The molecule has 1 aromatic carbocycles. The molecular weight excluding hydrogens is 340 g/mol. The van der Waals surface area contributed by atoms with Crippen molar-refractivity contribution in [2.75, 3.05) is 13.1 Å². The number of likely N-dealkylation sites (tertiary alicyclic amines) is 1. The maximum Gasteiger partial charge on any atom is 0.234 e. The van der Waals surface area contributed by atoms with Crippen LogP contribution in [0.25, 0.3) is 0 Å². The number of carbonyl (C=O) groups excluding carboxylic acids is 1. The van der Waals surface area contributed by atoms with Crippen LogP contribution in [0.15, 0.2) is 47.8 Å². The monoisotopic (exact) mass is 368 g/mol. The van der Waals surface area contributed by atoms with E-state index in [2.05, 4.69) is 39.9 Å². The van der Waals surface area contributed by atoms with Gasteiger partial charge in [-0.15, -0.1) is 11.3 Å². The molecule has 0 bridgehead atoms. The van der Waals surface area contributed by atoms with E-state index in [9.17, 15) is 4.79 Å². The summed E-state index contributed by atoms with van der Waals surface area (Å²) in [6.07, 6.45) is 7.90. The van der Waals surface area contributed by atoms with E-state index in [1.807, 2.05) is 18.2 Å². The second kappa shape index (κ2) is 8.36. The van der Waals surface area contributed by atoms with Crippen molar-refractivity contribution in [3.05, 3.63) is 58.3 Å². The van der Waals surface area contributed by atoms with E-state index >= 15 is 0 Å². The highest BCUT2D eigenvalue weighted by atomic mass is 32.1. The molecule has 0 radical (unpaired) electrons. The van der Waals surface area contributed by atoms with E-state index in [0.29, 0.717) is 12.6 Å². The second-order valence-corrected chi connectivity index (χ2v) is 8.63. The molecule has 1 N–H and O–H groups in total. The Hall–Kier alpha value is -1.65. The number of piperidine rings is 1. The van der Waals surface area contributed by atoms with Gasteiger partial charge in [0, 0.05) is 10.9 Å². The van der Waals surface area contributed by atoms with Gasteiger partial charge in [0.1, 0.15) is 0 Å². The summed E-state index contributed by atoms with van der Waals surface area (Å²) in [5, 5.41) is 5.39. The number of benzene rings is 1. The van der Waals surface area contributed by atoms with Gasteiger partial charge in [0.15, 0.2) is 0 Å². The van der Waals surface area contributed by atoms with Crippen LogP contribution >= 0.6 is 11.3 Å². The van der Waals surface area contributed by atoms with Crippen LogP contribution in [-0.4, -0.2) is 29.9 Å². The lowest BCUT2D eigenvalue weighted by atomic mass is 9.78. The summed E-state index contributed by atoms with van der Waals surface area (Å²) in [4.78, 5) is 16.6. The van der Waals surface area contributed by atoms with Gasteiger partial charge in [-0.1, -0.05) is 49.2 Å². The van der Waals surface area contributed by atoms with Crippen molar-refractivity contribution in [2.24, 2.45) is 5.92 Å². The summed E-state index contributed by atoms with van der Waals surface area (Å²) in [5.41, 5.74) is 1.15. The molecule has 3 nitrogen and oxygen atoms in total. The molecule has 1 saturated heterocycles. The first-order valence-corrected chi connectivity index (χ1v) is 10.8. The summed E-state index contributed by atoms with van der Waals surface area (Å²) in [5.74, 6) is 0.964. The van der Waals surface area contributed by atoms with Crippen molar-refractivity contribution in [2.45, 2.75) is 50.6 Å². The molecule has 2 aliphatic rings. The minimum atomic E-state index is -0.0457. The van der Waals surface area contributed by atoms with Gasteiger partial charge in [0.25, 0.3) is 0 Å². The quantitative estimate of drug-likeness (QED) is 0.836. The molecule has 1 saturated carbocycles. The van der Waals surface area contributed by atoms with E-state index in [1.165, 1.54) is 43.4 Å². The maximum atomic E-state index is 12.9. The number of amides is 1. The standard InChI is InChI=1S/C22H28N2OS/c25-21(16-24-14-6-11-17-8-4-5-12-19(17)24)23-22(20-13-7-15-26-20)18-9-2-1-3-10-18/h1-3,7,9-10,13,15,17,19,22H,4-6,8,11-12,14,16H2,(H,23,25)/t17-,19+,22-/m1/s1. The highest BCUT2D eigenvalue weighted by Crippen LogP contribution is 2.35. The normalized spacial score (nSPS) is 24.6. The molecule has 1 aliphatic carbocycles. The third kappa shape index (κ3) is 4.02. The molecule has 26 heavy (non-hydrogen) atoms. The van der Waals surface area contributed by atoms with Crippen LogP contribution < -0.4 is 5.32 Å². The van der Waals surface area contributed by atoms with Crippen molar-refractivity contribution in [1.82, 2.24) is 10.2 Å². The van der Waals surface area contributed by atoms with Crippen molar-refractivity contribution in [3.63, 3.8) is 0 Å². The van der Waals surface area contributed by atoms with Crippen LogP contribution in [0, 0.1) is 5.92 Å². The maximum absolute atomic E-state index is 12.9. The molecule has 2 heterocycles. The smallest absolute Gasteiger partial charge is 0.234 e. The largest absolute Gasteiger partial charge is 0.343 e. The Bertz CT molecular complexity index is 698. The lowest BCUT2D eigenvalue weighted by Gasteiger charge is -2.43. The molecular formula is C22H28N2OS. The van der Waals surface area contributed by atoms with E-state index < -0.39 is 0 Å². The van der Waals surface area contributed by atoms with Gasteiger partial charge in [-0.05, 0) is 55.2 Å². The first-order valence-electron chi connectivity index (χ1n) is 9.93. The average Bonchev–Trinajstić information content (AvgIpc) is 3.22. The molecule has 138 valence electrons. The van der Waals surface area contributed by atoms with E-state index in [-0.39, 0.29) is 11.9 Å². The fourth-order valence-corrected chi connectivity index (χ4v) is 5.54. The van der Waals surface area contributed by atoms with E-state index in [4.69, 9.17) is 0 Å². The van der Waals surface area contributed by atoms with Crippen molar-refractivity contribution < 1.29 is 4.79 Å². The number of rotatable bonds is 5. The van der Waals surface area contributed by atoms with Crippen molar-refractivity contribution in [1.29, 1.82) is 0 Å². The Kier molecular flexibility index (Phi) is 5.71. The first-order chi connectivity index (χ1) is 12.8. The van der Waals surface area contributed by atoms with Gasteiger partial charge in [-0.2, -0.15) is 0 Å².